The molecule has 3 aromatic rings. The topological polar surface area (TPSA) is 50.5 Å². The summed E-state index contributed by atoms with van der Waals surface area (Å²) in [5.74, 6) is -0.0974. The molecule has 5 nitrogen and oxygen atoms in total. The molecule has 0 aromatic carbocycles. The van der Waals surface area contributed by atoms with Crippen molar-refractivity contribution in [1.82, 2.24) is 19.3 Å². The van der Waals surface area contributed by atoms with E-state index in [1.165, 1.54) is 0 Å². The van der Waals surface area contributed by atoms with Gasteiger partial charge in [-0.25, -0.2) is 4.98 Å². The molecular weight excluding hydrogens is 324 g/mol. The lowest BCUT2D eigenvalue weighted by atomic mass is 10.1. The number of fused-ring (bicyclic) bond motifs is 1. The highest BCUT2D eigenvalue weighted by molar-refractivity contribution is 6.30. The Labute approximate surface area is 145 Å². The summed E-state index contributed by atoms with van der Waals surface area (Å²) < 4.78 is 1.75. The first-order valence-electron chi connectivity index (χ1n) is 7.85. The minimum Gasteiger partial charge on any atom is -0.332 e. The van der Waals surface area contributed by atoms with Crippen LogP contribution in [0.1, 0.15) is 41.3 Å². The fourth-order valence-corrected chi connectivity index (χ4v) is 3.12. The molecule has 0 bridgehead atoms. The second kappa shape index (κ2) is 6.61. The van der Waals surface area contributed by atoms with Gasteiger partial charge in [-0.2, -0.15) is 0 Å². The van der Waals surface area contributed by atoms with Crippen molar-refractivity contribution < 1.29 is 4.79 Å². The summed E-state index contributed by atoms with van der Waals surface area (Å²) >= 11 is 6.09. The second-order valence-corrected chi connectivity index (χ2v) is 6.15. The normalized spacial score (nSPS) is 12.3. The fraction of sp³-hybridized carbons (Fsp3) is 0.278. The molecule has 1 amide bonds. The van der Waals surface area contributed by atoms with Crippen LogP contribution in [0.4, 0.5) is 0 Å². The van der Waals surface area contributed by atoms with Gasteiger partial charge < -0.3 is 4.90 Å². The van der Waals surface area contributed by atoms with E-state index in [9.17, 15) is 4.79 Å². The van der Waals surface area contributed by atoms with Gasteiger partial charge >= 0.3 is 0 Å². The van der Waals surface area contributed by atoms with Crippen molar-refractivity contribution in [2.45, 2.75) is 26.3 Å². The third-order valence-electron chi connectivity index (χ3n) is 4.16. The van der Waals surface area contributed by atoms with Crippen LogP contribution in [0.5, 0.6) is 0 Å². The van der Waals surface area contributed by atoms with Crippen LogP contribution in [-0.4, -0.2) is 32.2 Å². The van der Waals surface area contributed by atoms with Crippen LogP contribution in [0.2, 0.25) is 5.02 Å². The van der Waals surface area contributed by atoms with E-state index in [4.69, 9.17) is 11.6 Å². The number of aromatic nitrogens is 3. The third-order valence-corrected chi connectivity index (χ3v) is 4.39. The first-order chi connectivity index (χ1) is 11.5. The predicted molar refractivity (Wildman–Crippen MR) is 94.3 cm³/mol. The van der Waals surface area contributed by atoms with Crippen LogP contribution in [0, 0.1) is 6.92 Å². The number of nitrogens with zero attached hydrogens (tertiary/aromatic N) is 4. The molecular formula is C18H19ClN4O. The maximum Gasteiger partial charge on any atom is 0.273 e. The van der Waals surface area contributed by atoms with Crippen LogP contribution in [0.3, 0.4) is 0 Å². The van der Waals surface area contributed by atoms with Crippen molar-refractivity contribution >= 4 is 23.2 Å². The van der Waals surface area contributed by atoms with Crippen molar-refractivity contribution in [2.24, 2.45) is 0 Å². The monoisotopic (exact) mass is 342 g/mol. The molecule has 0 N–H and O–H groups in total. The van der Waals surface area contributed by atoms with Gasteiger partial charge in [-0.05, 0) is 37.6 Å². The number of halogens is 1. The summed E-state index contributed by atoms with van der Waals surface area (Å²) in [4.78, 5) is 23.7. The number of carbonyl (C=O) groups is 1. The van der Waals surface area contributed by atoms with Gasteiger partial charge in [0, 0.05) is 19.4 Å². The summed E-state index contributed by atoms with van der Waals surface area (Å²) in [6.45, 7) is 3.88. The van der Waals surface area contributed by atoms with Gasteiger partial charge in [0.05, 0.1) is 22.5 Å². The minimum absolute atomic E-state index is 0.0946. The molecule has 6 heteroatoms. The predicted octanol–water partition coefficient (Wildman–Crippen LogP) is 3.91. The summed E-state index contributed by atoms with van der Waals surface area (Å²) in [5.41, 5.74) is 2.80. The Morgan fingerprint density at radius 3 is 2.79 bits per heavy atom. The maximum absolute atomic E-state index is 13.1. The number of imidazole rings is 1. The van der Waals surface area contributed by atoms with E-state index in [2.05, 4.69) is 9.97 Å². The van der Waals surface area contributed by atoms with Crippen molar-refractivity contribution in [1.29, 1.82) is 0 Å². The minimum atomic E-state index is -0.0974. The van der Waals surface area contributed by atoms with Crippen molar-refractivity contribution in [3.8, 4) is 0 Å². The standard InChI is InChI=1S/C18H19ClN4O/c1-4-15(14-7-5-6-10-20-14)22(3)18(24)17-12(2)21-16-9-8-13(19)11-23(16)17/h5-11,15H,4H2,1-3H3/t15-/m0/s1. The lowest BCUT2D eigenvalue weighted by Crippen LogP contribution is -2.32. The number of hydrogen-bond donors (Lipinski definition) is 0. The van der Waals surface area contributed by atoms with Gasteiger partial charge in [0.15, 0.2) is 0 Å². The maximum atomic E-state index is 13.1. The number of rotatable bonds is 4. The summed E-state index contributed by atoms with van der Waals surface area (Å²) in [7, 11) is 1.80. The van der Waals surface area contributed by atoms with E-state index < -0.39 is 0 Å². The molecule has 0 aliphatic heterocycles. The van der Waals surface area contributed by atoms with Gasteiger partial charge in [-0.1, -0.05) is 24.6 Å². The smallest absolute Gasteiger partial charge is 0.273 e. The SMILES string of the molecule is CC[C@@H](c1ccccn1)N(C)C(=O)c1c(C)nc2ccc(Cl)cn12. The highest BCUT2D eigenvalue weighted by atomic mass is 35.5. The zero-order chi connectivity index (χ0) is 17.3. The van der Waals surface area contributed by atoms with E-state index in [0.717, 1.165) is 12.1 Å². The van der Waals surface area contributed by atoms with Gasteiger partial charge in [-0.3, -0.25) is 14.2 Å². The zero-order valence-corrected chi connectivity index (χ0v) is 14.7. The molecule has 1 atom stereocenters. The zero-order valence-electron chi connectivity index (χ0n) is 13.9. The first kappa shape index (κ1) is 16.5. The lowest BCUT2D eigenvalue weighted by Gasteiger charge is -2.27. The number of amides is 1. The lowest BCUT2D eigenvalue weighted by molar-refractivity contribution is 0.0715. The molecule has 0 saturated heterocycles. The van der Waals surface area contributed by atoms with Crippen molar-refractivity contribution in [3.63, 3.8) is 0 Å². The van der Waals surface area contributed by atoms with E-state index in [-0.39, 0.29) is 11.9 Å². The fourth-order valence-electron chi connectivity index (χ4n) is 2.96. The molecule has 0 fully saturated rings. The number of carbonyl (C=O) groups excluding carboxylic acids is 1. The molecule has 0 aliphatic rings. The Bertz CT molecular complexity index is 875. The van der Waals surface area contributed by atoms with Crippen LogP contribution in [0.25, 0.3) is 5.65 Å². The summed E-state index contributed by atoms with van der Waals surface area (Å²) in [6.07, 6.45) is 4.24. The Kier molecular flexibility index (Phi) is 4.53. The highest BCUT2D eigenvalue weighted by Crippen LogP contribution is 2.24. The van der Waals surface area contributed by atoms with E-state index in [1.807, 2.05) is 38.1 Å². The van der Waals surface area contributed by atoms with Crippen LogP contribution in [-0.2, 0) is 0 Å². The average molecular weight is 343 g/mol. The molecule has 3 aromatic heterocycles. The first-order valence-corrected chi connectivity index (χ1v) is 8.23. The number of hydrogen-bond acceptors (Lipinski definition) is 3. The second-order valence-electron chi connectivity index (χ2n) is 5.72. The average Bonchev–Trinajstić information content (AvgIpc) is 2.90. The van der Waals surface area contributed by atoms with Gasteiger partial charge in [-0.15, -0.1) is 0 Å². The Balaban J connectivity index is 2.02. The highest BCUT2D eigenvalue weighted by Gasteiger charge is 2.26. The van der Waals surface area contributed by atoms with E-state index in [1.54, 1.807) is 34.8 Å². The Hall–Kier alpha value is -2.40. The van der Waals surface area contributed by atoms with Crippen LogP contribution >= 0.6 is 11.6 Å². The van der Waals surface area contributed by atoms with Gasteiger partial charge in [0.2, 0.25) is 0 Å². The van der Waals surface area contributed by atoms with Gasteiger partial charge in [0.25, 0.3) is 5.91 Å². The summed E-state index contributed by atoms with van der Waals surface area (Å²) in [6, 6.07) is 9.22. The Morgan fingerprint density at radius 1 is 1.33 bits per heavy atom. The summed E-state index contributed by atoms with van der Waals surface area (Å²) in [5, 5.41) is 0.563. The molecule has 0 saturated carbocycles. The quantitative estimate of drug-likeness (QED) is 0.722. The molecule has 0 radical (unpaired) electrons. The largest absolute Gasteiger partial charge is 0.332 e. The van der Waals surface area contributed by atoms with Crippen LogP contribution in [0.15, 0.2) is 42.7 Å². The molecule has 24 heavy (non-hydrogen) atoms. The molecule has 124 valence electrons. The molecule has 0 aliphatic carbocycles. The molecule has 0 spiro atoms. The van der Waals surface area contributed by atoms with E-state index in [0.29, 0.717) is 22.1 Å². The van der Waals surface area contributed by atoms with Crippen LogP contribution < -0.4 is 0 Å². The molecule has 0 unspecified atom stereocenters. The third kappa shape index (κ3) is 2.87. The number of pyridine rings is 2. The Morgan fingerprint density at radius 2 is 2.12 bits per heavy atom. The molecule has 3 heterocycles. The van der Waals surface area contributed by atoms with Crippen molar-refractivity contribution in [3.05, 3.63) is 64.8 Å². The van der Waals surface area contributed by atoms with Crippen molar-refractivity contribution in [2.75, 3.05) is 7.05 Å². The van der Waals surface area contributed by atoms with Gasteiger partial charge in [0.1, 0.15) is 11.3 Å². The number of aryl methyl sites for hydroxylation is 1. The van der Waals surface area contributed by atoms with E-state index >= 15 is 0 Å². The molecule has 3 rings (SSSR count).